The number of ether oxygens (including phenoxy) is 1. The Morgan fingerprint density at radius 3 is 2.33 bits per heavy atom. The molecule has 0 aliphatic rings. The second-order valence-corrected chi connectivity index (χ2v) is 8.69. The monoisotopic (exact) mass is 597 g/mol. The number of carbonyl (C=O) groups is 4. The fourth-order valence-electron chi connectivity index (χ4n) is 2.97. The van der Waals surface area contributed by atoms with E-state index in [2.05, 4.69) is 45.4 Å². The molecule has 0 spiro atoms. The molecule has 186 valence electrons. The van der Waals surface area contributed by atoms with Crippen molar-refractivity contribution in [1.82, 2.24) is 10.6 Å². The number of amides is 2. The molecular formula is C22H33ClIN3O6. The lowest BCUT2D eigenvalue weighted by atomic mass is 10.1. The van der Waals surface area contributed by atoms with Crippen LogP contribution in [0.1, 0.15) is 50.5 Å². The predicted octanol–water partition coefficient (Wildman–Crippen LogP) is 2.17. The highest BCUT2D eigenvalue weighted by Crippen LogP contribution is 2.10. The van der Waals surface area contributed by atoms with E-state index >= 15 is 0 Å². The van der Waals surface area contributed by atoms with Gasteiger partial charge in [0.15, 0.2) is 0 Å². The molecular weight excluding hydrogens is 565 g/mol. The molecule has 1 aromatic rings. The zero-order chi connectivity index (χ0) is 23.9. The van der Waals surface area contributed by atoms with E-state index in [0.717, 1.165) is 12.8 Å². The zero-order valence-corrected chi connectivity index (χ0v) is 21.7. The predicted molar refractivity (Wildman–Crippen MR) is 135 cm³/mol. The lowest BCUT2D eigenvalue weighted by molar-refractivity contribution is -0.145. The number of hydrogen-bond acceptors (Lipinski definition) is 6. The van der Waals surface area contributed by atoms with Gasteiger partial charge in [0.2, 0.25) is 11.8 Å². The Hall–Kier alpha value is -1.92. The van der Waals surface area contributed by atoms with Crippen LogP contribution in [0.2, 0.25) is 0 Å². The molecule has 0 aliphatic heterocycles. The average Bonchev–Trinajstić information content (AvgIpc) is 2.76. The lowest BCUT2D eigenvalue weighted by Crippen LogP contribution is -2.48. The maximum Gasteiger partial charge on any atom is 0.328 e. The van der Waals surface area contributed by atoms with Gasteiger partial charge >= 0.3 is 11.9 Å². The fraction of sp³-hybridized carbons (Fsp3) is 0.545. The second-order valence-electron chi connectivity index (χ2n) is 7.45. The van der Waals surface area contributed by atoms with E-state index in [1.54, 1.807) is 0 Å². The summed E-state index contributed by atoms with van der Waals surface area (Å²) in [6, 6.07) is 6.34. The van der Waals surface area contributed by atoms with E-state index in [4.69, 9.17) is 15.6 Å². The maximum absolute atomic E-state index is 12.1. The number of carboxylic acids is 1. The number of unbranched alkanes of at least 4 members (excludes halogenated alkanes) is 1. The largest absolute Gasteiger partial charge is 0.481 e. The van der Waals surface area contributed by atoms with Crippen molar-refractivity contribution in [3.8, 4) is 0 Å². The molecule has 0 bridgehead atoms. The average molecular weight is 598 g/mol. The van der Waals surface area contributed by atoms with Crippen LogP contribution in [0.5, 0.6) is 0 Å². The number of esters is 1. The Balaban J connectivity index is 0.0000102. The van der Waals surface area contributed by atoms with Crippen molar-refractivity contribution in [3.05, 3.63) is 33.4 Å². The van der Waals surface area contributed by atoms with E-state index < -0.39 is 29.9 Å². The van der Waals surface area contributed by atoms with Crippen molar-refractivity contribution in [2.75, 3.05) is 13.7 Å². The van der Waals surface area contributed by atoms with Crippen LogP contribution in [0.15, 0.2) is 24.3 Å². The number of carboxylic acid groups (broad SMARTS) is 1. The van der Waals surface area contributed by atoms with Crippen molar-refractivity contribution in [1.29, 1.82) is 0 Å². The maximum atomic E-state index is 12.1. The quantitative estimate of drug-likeness (QED) is 0.138. The summed E-state index contributed by atoms with van der Waals surface area (Å²) in [6.45, 7) is 0.475. The van der Waals surface area contributed by atoms with Crippen molar-refractivity contribution < 1.29 is 29.0 Å². The molecule has 0 saturated carbocycles. The minimum atomic E-state index is -1.05. The van der Waals surface area contributed by atoms with Gasteiger partial charge < -0.3 is 26.2 Å². The fourth-order valence-corrected chi connectivity index (χ4v) is 3.33. The first kappa shape index (κ1) is 31.1. The van der Waals surface area contributed by atoms with E-state index in [-0.39, 0.29) is 31.2 Å². The summed E-state index contributed by atoms with van der Waals surface area (Å²) in [7, 11) is 1.22. The van der Waals surface area contributed by atoms with Crippen LogP contribution >= 0.6 is 35.0 Å². The molecule has 0 unspecified atom stereocenters. The van der Waals surface area contributed by atoms with Crippen molar-refractivity contribution >= 4 is 58.8 Å². The number of methoxy groups -OCH3 is 1. The Morgan fingerprint density at radius 1 is 1.06 bits per heavy atom. The molecule has 0 aromatic heterocycles. The van der Waals surface area contributed by atoms with Crippen LogP contribution in [0.25, 0.3) is 0 Å². The van der Waals surface area contributed by atoms with Crippen LogP contribution in [-0.4, -0.2) is 54.6 Å². The first-order chi connectivity index (χ1) is 15.2. The molecule has 0 fully saturated rings. The van der Waals surface area contributed by atoms with E-state index in [1.165, 1.54) is 16.2 Å². The number of halogens is 2. The van der Waals surface area contributed by atoms with Gasteiger partial charge in [-0.1, -0.05) is 12.1 Å². The molecule has 2 atom stereocenters. The lowest BCUT2D eigenvalue weighted by Gasteiger charge is -2.19. The van der Waals surface area contributed by atoms with Crippen molar-refractivity contribution in [3.63, 3.8) is 0 Å². The Morgan fingerprint density at radius 2 is 1.73 bits per heavy atom. The standard InChI is InChI=1S/C22H32IN3O6.ClH/c1-32-22(31)18(26-21(30)17(24)12-13-20(28)29)6-2-3-14-25-19(27)7-4-5-15-8-10-16(23)11-9-15;/h8-11,17-18H,2-7,12-14,24H2,1H3,(H,25,27)(H,26,30)(H,28,29);1H/t17-,18+;/m0./s1. The molecule has 0 heterocycles. The Bertz CT molecular complexity index is 763. The molecule has 11 heteroatoms. The Kier molecular flexibility index (Phi) is 16.5. The smallest absolute Gasteiger partial charge is 0.328 e. The van der Waals surface area contributed by atoms with Crippen LogP contribution in [-0.2, 0) is 30.3 Å². The summed E-state index contributed by atoms with van der Waals surface area (Å²) in [4.78, 5) is 46.6. The van der Waals surface area contributed by atoms with Gasteiger partial charge in [0.1, 0.15) is 6.04 Å². The van der Waals surface area contributed by atoms with Crippen LogP contribution in [0, 0.1) is 3.57 Å². The van der Waals surface area contributed by atoms with E-state index in [9.17, 15) is 19.2 Å². The molecule has 0 aliphatic carbocycles. The number of carbonyl (C=O) groups excluding carboxylic acids is 3. The van der Waals surface area contributed by atoms with E-state index in [0.29, 0.717) is 32.2 Å². The molecule has 33 heavy (non-hydrogen) atoms. The number of nitrogens with two attached hydrogens (primary N) is 1. The SMILES string of the molecule is COC(=O)[C@@H](CCCCNC(=O)CCCc1ccc(I)cc1)NC(=O)[C@@H](N)CCC(=O)O.Cl. The minimum Gasteiger partial charge on any atom is -0.481 e. The molecule has 2 amide bonds. The molecule has 1 rings (SSSR count). The highest BCUT2D eigenvalue weighted by molar-refractivity contribution is 14.1. The summed E-state index contributed by atoms with van der Waals surface area (Å²) in [5.74, 6) is -2.25. The van der Waals surface area contributed by atoms with Gasteiger partial charge in [-0.25, -0.2) is 4.79 Å². The summed E-state index contributed by atoms with van der Waals surface area (Å²) in [5.41, 5.74) is 6.88. The molecule has 5 N–H and O–H groups in total. The molecule has 9 nitrogen and oxygen atoms in total. The van der Waals surface area contributed by atoms with Crippen LogP contribution in [0.4, 0.5) is 0 Å². The van der Waals surface area contributed by atoms with Crippen molar-refractivity contribution in [2.24, 2.45) is 5.73 Å². The summed E-state index contributed by atoms with van der Waals surface area (Å²) in [6.07, 6.45) is 3.34. The second kappa shape index (κ2) is 17.5. The van der Waals surface area contributed by atoms with Gasteiger partial charge in [-0.05, 0) is 78.8 Å². The van der Waals surface area contributed by atoms with Crippen LogP contribution < -0.4 is 16.4 Å². The zero-order valence-electron chi connectivity index (χ0n) is 18.7. The van der Waals surface area contributed by atoms with Gasteiger partial charge in [0.25, 0.3) is 0 Å². The number of nitrogens with one attached hydrogen (secondary N) is 2. The summed E-state index contributed by atoms with van der Waals surface area (Å²) >= 11 is 2.25. The first-order valence-corrected chi connectivity index (χ1v) is 11.7. The molecule has 0 radical (unpaired) electrons. The number of aliphatic carboxylic acids is 1. The highest BCUT2D eigenvalue weighted by Gasteiger charge is 2.24. The summed E-state index contributed by atoms with van der Waals surface area (Å²) in [5, 5.41) is 14.1. The van der Waals surface area contributed by atoms with Crippen LogP contribution in [0.3, 0.4) is 0 Å². The molecule has 1 aromatic carbocycles. The number of benzene rings is 1. The van der Waals surface area contributed by atoms with Crippen molar-refractivity contribution in [2.45, 2.75) is 63.5 Å². The topological polar surface area (TPSA) is 148 Å². The minimum absolute atomic E-state index is 0. The van der Waals surface area contributed by atoms with Gasteiger partial charge in [0.05, 0.1) is 13.2 Å². The number of rotatable bonds is 15. The number of hydrogen-bond donors (Lipinski definition) is 4. The third-order valence-corrected chi connectivity index (χ3v) is 5.55. The first-order valence-electron chi connectivity index (χ1n) is 10.6. The number of aryl methyl sites for hydroxylation is 1. The highest BCUT2D eigenvalue weighted by atomic mass is 127. The summed E-state index contributed by atoms with van der Waals surface area (Å²) < 4.78 is 5.89. The third-order valence-electron chi connectivity index (χ3n) is 4.83. The molecule has 0 saturated heterocycles. The van der Waals surface area contributed by atoms with Gasteiger partial charge in [-0.2, -0.15) is 0 Å². The van der Waals surface area contributed by atoms with Gasteiger partial charge in [-0.15, -0.1) is 12.4 Å². The normalized spacial score (nSPS) is 12.1. The third kappa shape index (κ3) is 14.1. The Labute approximate surface area is 214 Å². The van der Waals surface area contributed by atoms with E-state index in [1.807, 2.05) is 12.1 Å². The van der Waals surface area contributed by atoms with Gasteiger partial charge in [-0.3, -0.25) is 14.4 Å². The van der Waals surface area contributed by atoms with Gasteiger partial charge in [0, 0.05) is 23.0 Å².